The Morgan fingerprint density at radius 3 is 2.11 bits per heavy atom. The summed E-state index contributed by atoms with van der Waals surface area (Å²) in [5.74, 6) is -2.26. The Kier molecular flexibility index (Phi) is 7.33. The summed E-state index contributed by atoms with van der Waals surface area (Å²) in [7, 11) is 0. The lowest BCUT2D eigenvalue weighted by molar-refractivity contribution is -0.139. The Morgan fingerprint density at radius 1 is 1.00 bits per heavy atom. The third-order valence-corrected chi connectivity index (χ3v) is 6.82. The number of alkyl carbamates (subject to hydrolysis) is 1. The fourth-order valence-electron chi connectivity index (χ4n) is 5.21. The normalized spacial score (nSPS) is 16.9. The molecule has 1 atom stereocenters. The van der Waals surface area contributed by atoms with Crippen molar-refractivity contribution in [3.63, 3.8) is 0 Å². The maximum atomic E-state index is 13.1. The van der Waals surface area contributed by atoms with Crippen LogP contribution in [0.3, 0.4) is 0 Å². The van der Waals surface area contributed by atoms with Crippen molar-refractivity contribution >= 4 is 18.0 Å². The van der Waals surface area contributed by atoms with Gasteiger partial charge in [0, 0.05) is 12.3 Å². The summed E-state index contributed by atoms with van der Waals surface area (Å²) in [6.07, 6.45) is -2.24. The summed E-state index contributed by atoms with van der Waals surface area (Å²) >= 11 is 0. The lowest BCUT2D eigenvalue weighted by Gasteiger charge is -2.30. The summed E-state index contributed by atoms with van der Waals surface area (Å²) in [5.41, 5.74) is 3.45. The third kappa shape index (κ3) is 5.61. The molecule has 2 amide bonds. The zero-order valence-electron chi connectivity index (χ0n) is 19.1. The minimum absolute atomic E-state index is 0.112. The maximum absolute atomic E-state index is 13.1. The molecule has 0 radical (unpaired) electrons. The summed E-state index contributed by atoms with van der Waals surface area (Å²) in [5, 5.41) is 13.7. The van der Waals surface area contributed by atoms with E-state index < -0.39 is 42.4 Å². The number of aliphatic carboxylic acids is 1. The molecule has 2 aliphatic carbocycles. The first kappa shape index (κ1) is 24.6. The minimum atomic E-state index is -3.01. The Hall–Kier alpha value is -3.49. The van der Waals surface area contributed by atoms with E-state index in [0.717, 1.165) is 35.1 Å². The Morgan fingerprint density at radius 2 is 1.57 bits per heavy atom. The van der Waals surface area contributed by atoms with Gasteiger partial charge in [0.2, 0.25) is 5.91 Å². The molecule has 35 heavy (non-hydrogen) atoms. The number of rotatable bonds is 9. The molecule has 4 rings (SSSR count). The van der Waals surface area contributed by atoms with Gasteiger partial charge in [0.15, 0.2) is 0 Å². The number of carboxylic acid groups (broad SMARTS) is 1. The number of carbonyl (C=O) groups is 3. The molecule has 2 aromatic rings. The van der Waals surface area contributed by atoms with Crippen molar-refractivity contribution in [2.75, 3.05) is 6.61 Å². The van der Waals surface area contributed by atoms with Gasteiger partial charge in [-0.1, -0.05) is 61.4 Å². The van der Waals surface area contributed by atoms with Gasteiger partial charge in [0.1, 0.15) is 12.6 Å². The highest BCUT2D eigenvalue weighted by Gasteiger charge is 2.39. The maximum Gasteiger partial charge on any atom is 0.407 e. The van der Waals surface area contributed by atoms with E-state index >= 15 is 0 Å². The zero-order valence-corrected chi connectivity index (χ0v) is 19.1. The van der Waals surface area contributed by atoms with Crippen LogP contribution >= 0.6 is 0 Å². The van der Waals surface area contributed by atoms with Crippen LogP contribution < -0.4 is 10.6 Å². The van der Waals surface area contributed by atoms with Gasteiger partial charge in [-0.15, -0.1) is 0 Å². The van der Waals surface area contributed by atoms with E-state index in [1.165, 1.54) is 0 Å². The first-order valence-corrected chi connectivity index (χ1v) is 11.7. The molecule has 0 aliphatic heterocycles. The standard InChI is InChI=1S/C26H28F2N2O5/c27-24(28)21(13-23(32)33)29-22(31)14-26(11-5-6-12-26)30-25(34)35-15-20-18-9-3-1-7-16(18)17-8-2-4-10-19(17)20/h1-4,7-10,20-21,24H,5-6,11-15H2,(H,29,31)(H,30,34)(H,32,33). The molecule has 1 unspecified atom stereocenters. The van der Waals surface area contributed by atoms with Crippen molar-refractivity contribution in [2.24, 2.45) is 0 Å². The van der Waals surface area contributed by atoms with Crippen LogP contribution in [0, 0.1) is 0 Å². The molecule has 2 aromatic carbocycles. The average molecular weight is 487 g/mol. The van der Waals surface area contributed by atoms with Gasteiger partial charge in [0.05, 0.1) is 12.0 Å². The number of carbonyl (C=O) groups excluding carboxylic acids is 2. The van der Waals surface area contributed by atoms with Gasteiger partial charge in [0.25, 0.3) is 6.43 Å². The molecule has 9 heteroatoms. The number of carboxylic acids is 1. The van der Waals surface area contributed by atoms with Crippen LogP contribution in [0.5, 0.6) is 0 Å². The van der Waals surface area contributed by atoms with Crippen LogP contribution in [0.25, 0.3) is 11.1 Å². The van der Waals surface area contributed by atoms with Crippen LogP contribution in [0.15, 0.2) is 48.5 Å². The van der Waals surface area contributed by atoms with Gasteiger partial charge < -0.3 is 20.5 Å². The zero-order chi connectivity index (χ0) is 25.0. The molecule has 1 saturated carbocycles. The van der Waals surface area contributed by atoms with E-state index in [0.29, 0.717) is 12.8 Å². The topological polar surface area (TPSA) is 105 Å². The largest absolute Gasteiger partial charge is 0.481 e. The van der Waals surface area contributed by atoms with Crippen molar-refractivity contribution in [3.8, 4) is 11.1 Å². The number of ether oxygens (including phenoxy) is 1. The van der Waals surface area contributed by atoms with E-state index in [9.17, 15) is 23.2 Å². The molecule has 2 aliphatic rings. The first-order valence-electron chi connectivity index (χ1n) is 11.7. The van der Waals surface area contributed by atoms with Crippen LogP contribution in [0.1, 0.15) is 55.6 Å². The number of benzene rings is 2. The molecule has 0 spiro atoms. The highest BCUT2D eigenvalue weighted by atomic mass is 19.3. The van der Waals surface area contributed by atoms with Crippen molar-refractivity contribution in [2.45, 2.75) is 62.4 Å². The van der Waals surface area contributed by atoms with Crippen LogP contribution in [-0.2, 0) is 14.3 Å². The summed E-state index contributed by atoms with van der Waals surface area (Å²) in [6.45, 7) is 0.119. The summed E-state index contributed by atoms with van der Waals surface area (Å²) < 4.78 is 31.9. The van der Waals surface area contributed by atoms with Crippen molar-refractivity contribution < 1.29 is 33.0 Å². The smallest absolute Gasteiger partial charge is 0.407 e. The van der Waals surface area contributed by atoms with Crippen LogP contribution in [-0.4, -0.2) is 47.7 Å². The second-order valence-electron chi connectivity index (χ2n) is 9.22. The SMILES string of the molecule is O=C(O)CC(NC(=O)CC1(NC(=O)OCC2c3ccccc3-c3ccccc32)CCCC1)C(F)F. The van der Waals surface area contributed by atoms with Gasteiger partial charge >= 0.3 is 12.1 Å². The molecular formula is C26H28F2N2O5. The fourth-order valence-corrected chi connectivity index (χ4v) is 5.21. The lowest BCUT2D eigenvalue weighted by atomic mass is 9.92. The third-order valence-electron chi connectivity index (χ3n) is 6.82. The number of alkyl halides is 2. The van der Waals surface area contributed by atoms with Crippen molar-refractivity contribution in [1.29, 1.82) is 0 Å². The monoisotopic (exact) mass is 486 g/mol. The minimum Gasteiger partial charge on any atom is -0.481 e. The Balaban J connectivity index is 1.39. The molecule has 3 N–H and O–H groups in total. The van der Waals surface area contributed by atoms with Crippen molar-refractivity contribution in [1.82, 2.24) is 10.6 Å². The Labute approximate surface area is 201 Å². The number of nitrogens with one attached hydrogen (secondary N) is 2. The van der Waals surface area contributed by atoms with E-state index in [2.05, 4.69) is 10.6 Å². The molecule has 0 saturated heterocycles. The summed E-state index contributed by atoms with van der Waals surface area (Å²) in [4.78, 5) is 36.1. The molecule has 186 valence electrons. The fraction of sp³-hybridized carbons (Fsp3) is 0.423. The molecule has 0 bridgehead atoms. The Bertz CT molecular complexity index is 1060. The van der Waals surface area contributed by atoms with Crippen LogP contribution in [0.2, 0.25) is 0 Å². The number of amides is 2. The molecular weight excluding hydrogens is 458 g/mol. The van der Waals surface area contributed by atoms with E-state index in [1.54, 1.807) is 0 Å². The molecule has 0 heterocycles. The van der Waals surface area contributed by atoms with Gasteiger partial charge in [-0.25, -0.2) is 13.6 Å². The first-order chi connectivity index (χ1) is 16.8. The second kappa shape index (κ2) is 10.4. The predicted octanol–water partition coefficient (Wildman–Crippen LogP) is 4.45. The number of halogens is 2. The average Bonchev–Trinajstić information content (AvgIpc) is 3.39. The number of fused-ring (bicyclic) bond motifs is 3. The highest BCUT2D eigenvalue weighted by molar-refractivity contribution is 5.81. The van der Waals surface area contributed by atoms with Gasteiger partial charge in [-0.05, 0) is 35.1 Å². The number of hydrogen-bond donors (Lipinski definition) is 3. The number of hydrogen-bond acceptors (Lipinski definition) is 4. The van der Waals surface area contributed by atoms with Crippen molar-refractivity contribution in [3.05, 3.63) is 59.7 Å². The summed E-state index contributed by atoms with van der Waals surface area (Å²) in [6, 6.07) is 14.1. The van der Waals surface area contributed by atoms with Gasteiger partial charge in [-0.2, -0.15) is 0 Å². The highest BCUT2D eigenvalue weighted by Crippen LogP contribution is 2.44. The second-order valence-corrected chi connectivity index (χ2v) is 9.22. The van der Waals surface area contributed by atoms with Crippen LogP contribution in [0.4, 0.5) is 13.6 Å². The van der Waals surface area contributed by atoms with Gasteiger partial charge in [-0.3, -0.25) is 9.59 Å². The quantitative estimate of drug-likeness (QED) is 0.486. The molecule has 0 aromatic heterocycles. The predicted molar refractivity (Wildman–Crippen MR) is 124 cm³/mol. The molecule has 7 nitrogen and oxygen atoms in total. The van der Waals surface area contributed by atoms with E-state index in [1.807, 2.05) is 48.5 Å². The molecule has 1 fully saturated rings. The van der Waals surface area contributed by atoms with E-state index in [4.69, 9.17) is 9.84 Å². The van der Waals surface area contributed by atoms with E-state index in [-0.39, 0.29) is 18.9 Å². The lowest BCUT2D eigenvalue weighted by Crippen LogP contribution is -2.51.